The second-order valence-electron chi connectivity index (χ2n) is 32.9. The van der Waals surface area contributed by atoms with Crippen molar-refractivity contribution in [2.45, 2.75) is 250 Å². The van der Waals surface area contributed by atoms with E-state index in [0.29, 0.717) is 0 Å². The van der Waals surface area contributed by atoms with Gasteiger partial charge in [-0.1, -0.05) is 0 Å². The van der Waals surface area contributed by atoms with E-state index in [1.165, 1.54) is 226 Å². The molecule has 0 atom stereocenters. The first kappa shape index (κ1) is 81.7. The van der Waals surface area contributed by atoms with E-state index in [1.807, 2.05) is 0 Å². The van der Waals surface area contributed by atoms with Gasteiger partial charge in [0.2, 0.25) is 0 Å². The van der Waals surface area contributed by atoms with Gasteiger partial charge in [0.25, 0.3) is 0 Å². The van der Waals surface area contributed by atoms with Crippen LogP contribution in [0.2, 0.25) is 0 Å². The Morgan fingerprint density at radius 1 is 0.221 bits per heavy atom. The summed E-state index contributed by atoms with van der Waals surface area (Å²) in [6.45, 7) is 14.0. The SMILES string of the molecule is C#Cc1ccc2c(c1)C(CCCCCC)(CCCCCC)c1cc(C#[C][Ge]([C]#Cc3ccc4c(c3)C(CCCCCC)(CCCCCC)c3cc(C#[C][Ge]([C]#Cc5ccc6c(c5)C(CCCCCC)(CCCCCC)c5cc(C#C)ccc5-6)([c]5ccccc5)[c]5ccccc5)ccc3-4)([c]3ccccc3)[c]3ccccc3)ccc1-2. The number of hydrogen-bond acceptors (Lipinski definition) is 0. The first-order chi connectivity index (χ1) is 55.6. The van der Waals surface area contributed by atoms with E-state index in [4.69, 9.17) is 12.8 Å². The minimum absolute atomic E-state index is 0.130. The van der Waals surface area contributed by atoms with Gasteiger partial charge in [0, 0.05) is 0 Å². The van der Waals surface area contributed by atoms with Crippen molar-refractivity contribution in [3.8, 4) is 101 Å². The molecule has 2 heteroatoms. The zero-order chi connectivity index (χ0) is 78.4. The van der Waals surface area contributed by atoms with E-state index in [2.05, 4.69) is 327 Å². The molecule has 0 heterocycles. The zero-order valence-electron chi connectivity index (χ0n) is 68.8. The third-order valence-corrected chi connectivity index (χ3v) is 39.8. The Kier molecular flexibility index (Phi) is 28.3. The van der Waals surface area contributed by atoms with E-state index >= 15 is 0 Å². The van der Waals surface area contributed by atoms with Gasteiger partial charge in [-0.25, -0.2) is 0 Å². The molecule has 3 aliphatic rings. The zero-order valence-corrected chi connectivity index (χ0v) is 73.0. The summed E-state index contributed by atoms with van der Waals surface area (Å²) in [6.07, 6.45) is 48.1. The Morgan fingerprint density at radius 3 is 0.593 bits per heavy atom. The van der Waals surface area contributed by atoms with Crippen LogP contribution in [-0.4, -0.2) is 26.5 Å². The van der Waals surface area contributed by atoms with Crippen LogP contribution in [0.5, 0.6) is 0 Å². The number of hydrogen-bond donors (Lipinski definition) is 0. The Labute approximate surface area is 687 Å². The standard InChI is InChI=1S/C111H118Ge2/c1-9-17-23-41-71-109(72-42-24-18-10-2)103-81-87(15-7)55-61-97(103)99-63-57-89(83-105(99)109)67-77-112(93-47-33-29-34-48-93,94-49-35-30-36-50-94)79-69-91-59-65-101-102-66-60-92(86-108(102)111(107(101)85-91,75-45-27-21-13-5)76-46-28-22-14-6)70-80-113(95-51-37-31-38-52-95,96-53-39-32-40-54-96)78-68-90-58-64-100-98-62-56-88(16-8)82-104(98)110(106(100)84-90,73-43-25-19-11-3)74-44-26-20-12-4/h7-8,29-40,47-66,81-86H,9-14,17-28,41-46,71-76H2,1-6H3. The van der Waals surface area contributed by atoms with Crippen LogP contribution < -0.4 is 17.6 Å². The quantitative estimate of drug-likeness (QED) is 0.0214. The van der Waals surface area contributed by atoms with Crippen molar-refractivity contribution >= 4 is 44.1 Å². The number of unbranched alkanes of at least 4 members (excludes halogenated alkanes) is 18. The van der Waals surface area contributed by atoms with E-state index in [9.17, 15) is 0 Å². The van der Waals surface area contributed by atoms with Gasteiger partial charge in [-0.15, -0.1) is 0 Å². The van der Waals surface area contributed by atoms with Crippen molar-refractivity contribution in [1.29, 1.82) is 0 Å². The van der Waals surface area contributed by atoms with Crippen LogP contribution in [0.25, 0.3) is 33.4 Å². The topological polar surface area (TPSA) is 0 Å². The summed E-state index contributed by atoms with van der Waals surface area (Å²) in [5.41, 5.74) is 22.2. The first-order valence-corrected chi connectivity index (χ1v) is 52.2. The fourth-order valence-electron chi connectivity index (χ4n) is 19.5. The summed E-state index contributed by atoms with van der Waals surface area (Å²) >= 11 is -7.99. The van der Waals surface area contributed by atoms with Crippen molar-refractivity contribution in [3.05, 3.63) is 297 Å². The van der Waals surface area contributed by atoms with Crippen molar-refractivity contribution in [3.63, 3.8) is 0 Å². The summed E-state index contributed by atoms with van der Waals surface area (Å²) in [4.78, 5) is 0. The molecule has 10 aromatic rings. The monoisotopic (exact) mass is 1600 g/mol. The van der Waals surface area contributed by atoms with Crippen molar-refractivity contribution in [2.24, 2.45) is 0 Å². The van der Waals surface area contributed by atoms with Crippen LogP contribution in [0.3, 0.4) is 0 Å². The van der Waals surface area contributed by atoms with Gasteiger partial charge in [0.1, 0.15) is 0 Å². The average Bonchev–Trinajstić information content (AvgIpc) is 1.76. The maximum atomic E-state index is 6.22. The van der Waals surface area contributed by atoms with E-state index < -0.39 is 26.5 Å². The molecule has 0 aliphatic heterocycles. The molecule has 0 amide bonds. The average molecular weight is 1600 g/mol. The van der Waals surface area contributed by atoms with Gasteiger partial charge in [0.15, 0.2) is 0 Å². The fourth-order valence-corrected chi connectivity index (χ4v) is 32.2. The number of terminal acetylenes is 2. The molecule has 10 aromatic carbocycles. The van der Waals surface area contributed by atoms with Crippen LogP contribution in [0.15, 0.2) is 231 Å². The molecular weight excluding hydrogens is 1480 g/mol. The molecule has 113 heavy (non-hydrogen) atoms. The van der Waals surface area contributed by atoms with Gasteiger partial charge < -0.3 is 0 Å². The van der Waals surface area contributed by atoms with Crippen LogP contribution >= 0.6 is 0 Å². The molecular formula is C111H118Ge2. The molecule has 0 spiro atoms. The second kappa shape index (κ2) is 39.1. The van der Waals surface area contributed by atoms with Gasteiger partial charge in [0.05, 0.1) is 0 Å². The molecule has 0 unspecified atom stereocenters. The molecule has 13 rings (SSSR count). The Hall–Kier alpha value is -9.35. The first-order valence-electron chi connectivity index (χ1n) is 43.8. The maximum absolute atomic E-state index is 6.22. The summed E-state index contributed by atoms with van der Waals surface area (Å²) < 4.78 is 21.9. The van der Waals surface area contributed by atoms with Crippen LogP contribution in [-0.2, 0) is 16.2 Å². The summed E-state index contributed by atoms with van der Waals surface area (Å²) in [5.74, 6) is 22.1. The molecule has 0 radical (unpaired) electrons. The molecule has 0 saturated heterocycles. The second-order valence-corrected chi connectivity index (χ2v) is 46.2. The van der Waals surface area contributed by atoms with Crippen molar-refractivity contribution in [1.82, 2.24) is 0 Å². The third kappa shape index (κ3) is 17.7. The normalized spacial score (nSPS) is 13.3. The number of rotatable bonds is 34. The predicted molar refractivity (Wildman–Crippen MR) is 490 cm³/mol. The predicted octanol–water partition coefficient (Wildman–Crippen LogP) is 25.8. The fraction of sp³-hybridized carbons (Fsp3) is 0.351. The van der Waals surface area contributed by atoms with E-state index in [0.717, 1.165) is 84.7 Å². The number of fused-ring (bicyclic) bond motifs is 9. The van der Waals surface area contributed by atoms with Crippen LogP contribution in [0.1, 0.15) is 301 Å². The Bertz CT molecular complexity index is 4820. The molecule has 0 saturated carbocycles. The van der Waals surface area contributed by atoms with Gasteiger partial charge in [-0.2, -0.15) is 0 Å². The van der Waals surface area contributed by atoms with E-state index in [1.54, 1.807) is 0 Å². The molecule has 0 bridgehead atoms. The Balaban J connectivity index is 0.933. The summed E-state index contributed by atoms with van der Waals surface area (Å²) in [6, 6.07) is 87.2. The van der Waals surface area contributed by atoms with Crippen molar-refractivity contribution < 1.29 is 0 Å². The van der Waals surface area contributed by atoms with Gasteiger partial charge in [-0.05, 0) is 0 Å². The van der Waals surface area contributed by atoms with Crippen LogP contribution in [0.4, 0.5) is 0 Å². The molecule has 0 nitrogen and oxygen atoms in total. The molecule has 570 valence electrons. The molecule has 3 aliphatic carbocycles. The minimum atomic E-state index is -4.00. The summed E-state index contributed by atoms with van der Waals surface area (Å²) in [7, 11) is 0. The molecule has 0 fully saturated rings. The van der Waals surface area contributed by atoms with Gasteiger partial charge >= 0.3 is 693 Å². The third-order valence-electron chi connectivity index (χ3n) is 25.6. The molecule has 0 N–H and O–H groups in total. The van der Waals surface area contributed by atoms with Crippen molar-refractivity contribution in [2.75, 3.05) is 0 Å². The van der Waals surface area contributed by atoms with E-state index in [-0.39, 0.29) is 16.2 Å². The summed E-state index contributed by atoms with van der Waals surface area (Å²) in [5, 5.41) is 0. The van der Waals surface area contributed by atoms with Crippen LogP contribution in [0, 0.1) is 67.4 Å². The number of benzene rings is 10. The molecule has 0 aromatic heterocycles. The Morgan fingerprint density at radius 2 is 0.407 bits per heavy atom. The van der Waals surface area contributed by atoms with Gasteiger partial charge in [-0.3, -0.25) is 0 Å².